The fourth-order valence-electron chi connectivity index (χ4n) is 1.31. The first-order chi connectivity index (χ1) is 7.27. The van der Waals surface area contributed by atoms with Gasteiger partial charge in [0, 0.05) is 22.3 Å². The molecule has 1 heterocycles. The molecule has 2 aromatic rings. The summed E-state index contributed by atoms with van der Waals surface area (Å²) < 4.78 is 13.2. The van der Waals surface area contributed by atoms with E-state index in [-0.39, 0.29) is 5.82 Å². The van der Waals surface area contributed by atoms with E-state index in [4.69, 9.17) is 0 Å². The number of hydrogen-bond acceptors (Lipinski definition) is 3. The molecular formula is C11H11FN2S. The quantitative estimate of drug-likeness (QED) is 0.862. The maximum absolute atomic E-state index is 13.2. The zero-order chi connectivity index (χ0) is 10.7. The molecule has 0 bridgehead atoms. The van der Waals surface area contributed by atoms with E-state index < -0.39 is 0 Å². The molecule has 0 saturated heterocycles. The van der Waals surface area contributed by atoms with Gasteiger partial charge in [-0.2, -0.15) is 0 Å². The SMILES string of the molecule is Cc1c(F)cccc1NCc1cncs1. The number of hydrogen-bond donors (Lipinski definition) is 1. The highest BCUT2D eigenvalue weighted by Crippen LogP contribution is 2.18. The average Bonchev–Trinajstić information content (AvgIpc) is 2.73. The molecular weight excluding hydrogens is 211 g/mol. The van der Waals surface area contributed by atoms with Crippen molar-refractivity contribution >= 4 is 17.0 Å². The summed E-state index contributed by atoms with van der Waals surface area (Å²) in [5.41, 5.74) is 3.28. The molecule has 0 aliphatic rings. The summed E-state index contributed by atoms with van der Waals surface area (Å²) in [6, 6.07) is 5.05. The molecule has 2 nitrogen and oxygen atoms in total. The number of nitrogens with one attached hydrogen (secondary N) is 1. The highest BCUT2D eigenvalue weighted by molar-refractivity contribution is 7.09. The van der Waals surface area contributed by atoms with Gasteiger partial charge in [0.05, 0.1) is 12.1 Å². The molecule has 0 spiro atoms. The van der Waals surface area contributed by atoms with E-state index in [9.17, 15) is 4.39 Å². The van der Waals surface area contributed by atoms with Gasteiger partial charge in [0.25, 0.3) is 0 Å². The average molecular weight is 222 g/mol. The number of rotatable bonds is 3. The van der Waals surface area contributed by atoms with Crippen LogP contribution in [0.3, 0.4) is 0 Å². The molecule has 1 N–H and O–H groups in total. The van der Waals surface area contributed by atoms with Crippen LogP contribution in [0.2, 0.25) is 0 Å². The van der Waals surface area contributed by atoms with Crippen molar-refractivity contribution in [3.63, 3.8) is 0 Å². The van der Waals surface area contributed by atoms with Gasteiger partial charge >= 0.3 is 0 Å². The first kappa shape index (κ1) is 10.1. The Morgan fingerprint density at radius 2 is 2.33 bits per heavy atom. The van der Waals surface area contributed by atoms with Gasteiger partial charge in [-0.3, -0.25) is 4.98 Å². The van der Waals surface area contributed by atoms with Crippen LogP contribution in [0.25, 0.3) is 0 Å². The van der Waals surface area contributed by atoms with Gasteiger partial charge in [0.2, 0.25) is 0 Å². The Morgan fingerprint density at radius 1 is 1.47 bits per heavy atom. The maximum atomic E-state index is 13.2. The Labute approximate surface area is 91.8 Å². The van der Waals surface area contributed by atoms with E-state index in [1.807, 2.05) is 12.3 Å². The highest BCUT2D eigenvalue weighted by Gasteiger charge is 2.02. The van der Waals surface area contributed by atoms with Gasteiger partial charge in [-0.15, -0.1) is 11.3 Å². The van der Waals surface area contributed by atoms with Crippen LogP contribution in [0.5, 0.6) is 0 Å². The second-order valence-electron chi connectivity index (χ2n) is 3.23. The number of thiazole rings is 1. The predicted molar refractivity (Wildman–Crippen MR) is 60.6 cm³/mol. The monoisotopic (exact) mass is 222 g/mol. The zero-order valence-electron chi connectivity index (χ0n) is 8.33. The number of aromatic nitrogens is 1. The van der Waals surface area contributed by atoms with Crippen molar-refractivity contribution in [2.24, 2.45) is 0 Å². The number of nitrogens with zero attached hydrogens (tertiary/aromatic N) is 1. The summed E-state index contributed by atoms with van der Waals surface area (Å²) in [5, 5.41) is 3.19. The van der Waals surface area contributed by atoms with E-state index in [2.05, 4.69) is 10.3 Å². The minimum atomic E-state index is -0.177. The van der Waals surface area contributed by atoms with Gasteiger partial charge in [-0.05, 0) is 19.1 Å². The van der Waals surface area contributed by atoms with Crippen LogP contribution in [0.15, 0.2) is 29.9 Å². The van der Waals surface area contributed by atoms with Crippen LogP contribution >= 0.6 is 11.3 Å². The van der Waals surface area contributed by atoms with Crippen molar-refractivity contribution in [3.8, 4) is 0 Å². The lowest BCUT2D eigenvalue weighted by Gasteiger charge is -2.08. The van der Waals surface area contributed by atoms with Crippen molar-refractivity contribution in [1.29, 1.82) is 0 Å². The smallest absolute Gasteiger partial charge is 0.128 e. The molecule has 0 atom stereocenters. The van der Waals surface area contributed by atoms with Crippen LogP contribution in [0.4, 0.5) is 10.1 Å². The van der Waals surface area contributed by atoms with Crippen molar-refractivity contribution < 1.29 is 4.39 Å². The molecule has 0 unspecified atom stereocenters. The summed E-state index contributed by atoms with van der Waals surface area (Å²) in [6.45, 7) is 2.46. The first-order valence-corrected chi connectivity index (χ1v) is 5.51. The fourth-order valence-corrected chi connectivity index (χ4v) is 1.85. The van der Waals surface area contributed by atoms with Crippen LogP contribution in [0.1, 0.15) is 10.4 Å². The van der Waals surface area contributed by atoms with Crippen LogP contribution in [-0.2, 0) is 6.54 Å². The Kier molecular flexibility index (Phi) is 2.97. The second kappa shape index (κ2) is 4.40. The molecule has 0 aliphatic carbocycles. The Balaban J connectivity index is 2.08. The Morgan fingerprint density at radius 3 is 3.07 bits per heavy atom. The Hall–Kier alpha value is -1.42. The molecule has 0 radical (unpaired) electrons. The number of anilines is 1. The molecule has 15 heavy (non-hydrogen) atoms. The second-order valence-corrected chi connectivity index (χ2v) is 4.20. The van der Waals surface area contributed by atoms with Gasteiger partial charge in [0.1, 0.15) is 5.82 Å². The molecule has 0 saturated carbocycles. The summed E-state index contributed by atoms with van der Waals surface area (Å²) in [5.74, 6) is -0.177. The number of benzene rings is 1. The molecule has 0 aliphatic heterocycles. The third-order valence-electron chi connectivity index (χ3n) is 2.20. The van der Waals surface area contributed by atoms with Gasteiger partial charge in [-0.25, -0.2) is 4.39 Å². The number of halogens is 1. The van der Waals surface area contributed by atoms with E-state index >= 15 is 0 Å². The largest absolute Gasteiger partial charge is 0.380 e. The molecule has 1 aromatic carbocycles. The van der Waals surface area contributed by atoms with Crippen LogP contribution in [0, 0.1) is 12.7 Å². The lowest BCUT2D eigenvalue weighted by atomic mass is 10.2. The molecule has 78 valence electrons. The van der Waals surface area contributed by atoms with Gasteiger partial charge in [0.15, 0.2) is 0 Å². The minimum absolute atomic E-state index is 0.177. The lowest BCUT2D eigenvalue weighted by Crippen LogP contribution is -2.00. The van der Waals surface area contributed by atoms with E-state index in [0.29, 0.717) is 12.1 Å². The van der Waals surface area contributed by atoms with Gasteiger partial charge in [-0.1, -0.05) is 6.07 Å². The zero-order valence-corrected chi connectivity index (χ0v) is 9.14. The van der Waals surface area contributed by atoms with Crippen molar-refractivity contribution in [3.05, 3.63) is 46.2 Å². The summed E-state index contributed by atoms with van der Waals surface area (Å²) in [6.07, 6.45) is 1.81. The topological polar surface area (TPSA) is 24.9 Å². The van der Waals surface area contributed by atoms with E-state index in [0.717, 1.165) is 10.6 Å². The van der Waals surface area contributed by atoms with E-state index in [1.54, 1.807) is 29.8 Å². The fraction of sp³-hybridized carbons (Fsp3) is 0.182. The van der Waals surface area contributed by atoms with E-state index in [1.165, 1.54) is 6.07 Å². The molecule has 0 fully saturated rings. The summed E-state index contributed by atoms with van der Waals surface area (Å²) in [4.78, 5) is 5.12. The molecule has 1 aromatic heterocycles. The lowest BCUT2D eigenvalue weighted by molar-refractivity contribution is 0.619. The van der Waals surface area contributed by atoms with Crippen molar-refractivity contribution in [1.82, 2.24) is 4.98 Å². The third kappa shape index (κ3) is 2.33. The standard InChI is InChI=1S/C11H11FN2S/c1-8-10(12)3-2-4-11(8)14-6-9-5-13-7-15-9/h2-5,7,14H,6H2,1H3. The van der Waals surface area contributed by atoms with Crippen LogP contribution in [-0.4, -0.2) is 4.98 Å². The van der Waals surface area contributed by atoms with Crippen molar-refractivity contribution in [2.45, 2.75) is 13.5 Å². The third-order valence-corrected chi connectivity index (χ3v) is 2.98. The first-order valence-electron chi connectivity index (χ1n) is 4.64. The normalized spacial score (nSPS) is 10.3. The summed E-state index contributed by atoms with van der Waals surface area (Å²) >= 11 is 1.58. The molecule has 4 heteroatoms. The van der Waals surface area contributed by atoms with Crippen LogP contribution < -0.4 is 5.32 Å². The molecule has 2 rings (SSSR count). The van der Waals surface area contributed by atoms with Crippen molar-refractivity contribution in [2.75, 3.05) is 5.32 Å². The molecule has 0 amide bonds. The Bertz CT molecular complexity index is 440. The van der Waals surface area contributed by atoms with Gasteiger partial charge < -0.3 is 5.32 Å². The summed E-state index contributed by atoms with van der Waals surface area (Å²) in [7, 11) is 0. The minimum Gasteiger partial charge on any atom is -0.380 e. The predicted octanol–water partition coefficient (Wildman–Crippen LogP) is 3.20. The highest BCUT2D eigenvalue weighted by atomic mass is 32.1. The maximum Gasteiger partial charge on any atom is 0.128 e.